The molecule has 0 aliphatic carbocycles. The Kier molecular flexibility index (Phi) is 3.69. The summed E-state index contributed by atoms with van der Waals surface area (Å²) in [5.41, 5.74) is 1.03. The van der Waals surface area contributed by atoms with Gasteiger partial charge < -0.3 is 15.0 Å². The highest BCUT2D eigenvalue weighted by atomic mass is 16.5. The van der Waals surface area contributed by atoms with Crippen molar-refractivity contribution in [2.45, 2.75) is 12.5 Å². The Morgan fingerprint density at radius 2 is 2.44 bits per heavy atom. The minimum atomic E-state index is 0.471. The van der Waals surface area contributed by atoms with Gasteiger partial charge in [0.15, 0.2) is 0 Å². The zero-order valence-corrected chi connectivity index (χ0v) is 9.81. The molecule has 1 saturated heterocycles. The van der Waals surface area contributed by atoms with Crippen LogP contribution in [0.15, 0.2) is 12.4 Å². The van der Waals surface area contributed by atoms with E-state index in [1.807, 2.05) is 6.07 Å². The van der Waals surface area contributed by atoms with Crippen LogP contribution < -0.4 is 10.1 Å². The predicted octanol–water partition coefficient (Wildman–Crippen LogP) is -0.0687. The number of nitrogens with one attached hydrogen (secondary N) is 1. The zero-order valence-electron chi connectivity index (χ0n) is 9.81. The molecule has 2 rings (SSSR count). The molecule has 0 saturated carbocycles. The van der Waals surface area contributed by atoms with Gasteiger partial charge in [-0.25, -0.2) is 9.97 Å². The van der Waals surface area contributed by atoms with Crippen LogP contribution in [0.5, 0.6) is 5.88 Å². The minimum absolute atomic E-state index is 0.471. The number of hydrogen-bond acceptors (Lipinski definition) is 5. The highest BCUT2D eigenvalue weighted by molar-refractivity contribution is 5.14. The first-order valence-corrected chi connectivity index (χ1v) is 5.55. The SMILES string of the molecule is COc1cc(CC2CN(C)CCN2)ncn1. The van der Waals surface area contributed by atoms with Gasteiger partial charge in [-0.3, -0.25) is 0 Å². The molecule has 2 heterocycles. The van der Waals surface area contributed by atoms with E-state index in [2.05, 4.69) is 27.2 Å². The van der Waals surface area contributed by atoms with Gasteiger partial charge >= 0.3 is 0 Å². The summed E-state index contributed by atoms with van der Waals surface area (Å²) < 4.78 is 5.08. The molecule has 0 amide bonds. The predicted molar refractivity (Wildman–Crippen MR) is 61.6 cm³/mol. The topological polar surface area (TPSA) is 50.3 Å². The second-order valence-corrected chi connectivity index (χ2v) is 4.17. The first kappa shape index (κ1) is 11.3. The van der Waals surface area contributed by atoms with Crippen molar-refractivity contribution in [1.82, 2.24) is 20.2 Å². The Hall–Kier alpha value is -1.20. The highest BCUT2D eigenvalue weighted by Gasteiger charge is 2.17. The molecule has 88 valence electrons. The lowest BCUT2D eigenvalue weighted by atomic mass is 10.1. The molecule has 5 nitrogen and oxygen atoms in total. The van der Waals surface area contributed by atoms with Crippen molar-refractivity contribution < 1.29 is 4.74 Å². The number of rotatable bonds is 3. The number of methoxy groups -OCH3 is 1. The smallest absolute Gasteiger partial charge is 0.216 e. The summed E-state index contributed by atoms with van der Waals surface area (Å²) in [6.45, 7) is 3.22. The second kappa shape index (κ2) is 5.23. The number of hydrogen-bond donors (Lipinski definition) is 1. The molecule has 1 fully saturated rings. The van der Waals surface area contributed by atoms with E-state index in [1.54, 1.807) is 13.4 Å². The van der Waals surface area contributed by atoms with Gasteiger partial charge in [0.25, 0.3) is 0 Å². The largest absolute Gasteiger partial charge is 0.481 e. The molecule has 0 bridgehead atoms. The third-order valence-corrected chi connectivity index (χ3v) is 2.82. The summed E-state index contributed by atoms with van der Waals surface area (Å²) in [4.78, 5) is 10.6. The molecular formula is C11H18N4O. The van der Waals surface area contributed by atoms with Crippen LogP contribution in [0.1, 0.15) is 5.69 Å². The third kappa shape index (κ3) is 2.90. The van der Waals surface area contributed by atoms with Crippen LogP contribution in [0.25, 0.3) is 0 Å². The van der Waals surface area contributed by atoms with Crippen LogP contribution >= 0.6 is 0 Å². The van der Waals surface area contributed by atoms with Gasteiger partial charge in [-0.15, -0.1) is 0 Å². The summed E-state index contributed by atoms with van der Waals surface area (Å²) in [6.07, 6.45) is 2.48. The lowest BCUT2D eigenvalue weighted by Crippen LogP contribution is -2.50. The first-order chi connectivity index (χ1) is 7.78. The van der Waals surface area contributed by atoms with Crippen LogP contribution in [-0.4, -0.2) is 54.7 Å². The van der Waals surface area contributed by atoms with Crippen molar-refractivity contribution in [2.24, 2.45) is 0 Å². The maximum absolute atomic E-state index is 5.08. The molecule has 1 atom stereocenters. The van der Waals surface area contributed by atoms with Crippen molar-refractivity contribution in [3.05, 3.63) is 18.1 Å². The maximum atomic E-state index is 5.08. The van der Waals surface area contributed by atoms with Crippen LogP contribution in [-0.2, 0) is 6.42 Å². The molecule has 0 aromatic carbocycles. The number of ether oxygens (including phenoxy) is 1. The van der Waals surface area contributed by atoms with E-state index in [-0.39, 0.29) is 0 Å². The number of aromatic nitrogens is 2. The molecule has 5 heteroatoms. The monoisotopic (exact) mass is 222 g/mol. The van der Waals surface area contributed by atoms with Crippen molar-refractivity contribution in [3.63, 3.8) is 0 Å². The average Bonchev–Trinajstić information content (AvgIpc) is 2.29. The number of piperazine rings is 1. The van der Waals surface area contributed by atoms with Gasteiger partial charge in [-0.1, -0.05) is 0 Å². The quantitative estimate of drug-likeness (QED) is 0.776. The molecule has 1 unspecified atom stereocenters. The Morgan fingerprint density at radius 3 is 3.19 bits per heavy atom. The molecule has 0 spiro atoms. The maximum Gasteiger partial charge on any atom is 0.216 e. The fourth-order valence-electron chi connectivity index (χ4n) is 1.98. The van der Waals surface area contributed by atoms with Crippen molar-refractivity contribution in [1.29, 1.82) is 0 Å². The Labute approximate surface area is 95.8 Å². The van der Waals surface area contributed by atoms with E-state index >= 15 is 0 Å². The fourth-order valence-corrected chi connectivity index (χ4v) is 1.98. The van der Waals surface area contributed by atoms with Crippen LogP contribution in [0, 0.1) is 0 Å². The van der Waals surface area contributed by atoms with Crippen LogP contribution in [0.3, 0.4) is 0 Å². The summed E-state index contributed by atoms with van der Waals surface area (Å²) in [7, 11) is 3.77. The van der Waals surface area contributed by atoms with Crippen LogP contribution in [0.2, 0.25) is 0 Å². The minimum Gasteiger partial charge on any atom is -0.481 e. The molecule has 0 radical (unpaired) electrons. The summed E-state index contributed by atoms with van der Waals surface area (Å²) in [6, 6.07) is 2.37. The Bertz CT molecular complexity index is 345. The van der Waals surface area contributed by atoms with Gasteiger partial charge in [0, 0.05) is 43.9 Å². The molecule has 1 aliphatic rings. The standard InChI is InChI=1S/C11H18N4O/c1-15-4-3-12-10(7-15)5-9-6-11(16-2)14-8-13-9/h6,8,10,12H,3-5,7H2,1-2H3. The van der Waals surface area contributed by atoms with E-state index < -0.39 is 0 Å². The normalized spacial score (nSPS) is 22.0. The number of nitrogens with zero attached hydrogens (tertiary/aromatic N) is 3. The van der Waals surface area contributed by atoms with Crippen molar-refractivity contribution >= 4 is 0 Å². The lowest BCUT2D eigenvalue weighted by molar-refractivity contribution is 0.237. The molecule has 1 aromatic rings. The Morgan fingerprint density at radius 1 is 1.56 bits per heavy atom. The van der Waals surface area contributed by atoms with E-state index in [0.29, 0.717) is 11.9 Å². The molecule has 1 aliphatic heterocycles. The molecule has 1 aromatic heterocycles. The lowest BCUT2D eigenvalue weighted by Gasteiger charge is -2.30. The average molecular weight is 222 g/mol. The van der Waals surface area contributed by atoms with E-state index in [1.165, 1.54) is 0 Å². The van der Waals surface area contributed by atoms with Gasteiger partial charge in [0.1, 0.15) is 6.33 Å². The van der Waals surface area contributed by atoms with Gasteiger partial charge in [0.05, 0.1) is 7.11 Å². The van der Waals surface area contributed by atoms with Gasteiger partial charge in [0.2, 0.25) is 5.88 Å². The van der Waals surface area contributed by atoms with E-state index in [0.717, 1.165) is 31.7 Å². The van der Waals surface area contributed by atoms with Crippen molar-refractivity contribution in [2.75, 3.05) is 33.8 Å². The van der Waals surface area contributed by atoms with E-state index in [4.69, 9.17) is 4.74 Å². The molecule has 16 heavy (non-hydrogen) atoms. The Balaban J connectivity index is 1.97. The molecule has 1 N–H and O–H groups in total. The highest BCUT2D eigenvalue weighted by Crippen LogP contribution is 2.09. The second-order valence-electron chi connectivity index (χ2n) is 4.17. The van der Waals surface area contributed by atoms with E-state index in [9.17, 15) is 0 Å². The summed E-state index contributed by atoms with van der Waals surface area (Å²) in [5, 5.41) is 3.49. The van der Waals surface area contributed by atoms with Crippen molar-refractivity contribution in [3.8, 4) is 5.88 Å². The van der Waals surface area contributed by atoms with Crippen LogP contribution in [0.4, 0.5) is 0 Å². The summed E-state index contributed by atoms with van der Waals surface area (Å²) in [5.74, 6) is 0.633. The summed E-state index contributed by atoms with van der Waals surface area (Å²) >= 11 is 0. The third-order valence-electron chi connectivity index (χ3n) is 2.82. The zero-order chi connectivity index (χ0) is 11.4. The van der Waals surface area contributed by atoms with Gasteiger partial charge in [-0.05, 0) is 7.05 Å². The molecular weight excluding hydrogens is 204 g/mol. The first-order valence-electron chi connectivity index (χ1n) is 5.55. The number of likely N-dealkylation sites (N-methyl/N-ethyl adjacent to an activating group) is 1. The fraction of sp³-hybridized carbons (Fsp3) is 0.636. The van der Waals surface area contributed by atoms with Gasteiger partial charge in [-0.2, -0.15) is 0 Å².